The largest absolute Gasteiger partial charge is 0.166 e. The van der Waals surface area contributed by atoms with Gasteiger partial charge in [0.05, 0.1) is 0 Å². The molecule has 1 unspecified atom stereocenters. The summed E-state index contributed by atoms with van der Waals surface area (Å²) in [5, 5.41) is 9.57. The van der Waals surface area contributed by atoms with Crippen molar-refractivity contribution in [2.45, 2.75) is 6.92 Å². The van der Waals surface area contributed by atoms with Gasteiger partial charge in [-0.15, -0.1) is 4.59 Å². The first kappa shape index (κ1) is 8.88. The smallest absolute Gasteiger partial charge is 0.153 e. The van der Waals surface area contributed by atoms with Gasteiger partial charge in [0.2, 0.25) is 0 Å². The molecule has 9 heavy (non-hydrogen) atoms. The Kier molecular flexibility index (Phi) is 2.22. The van der Waals surface area contributed by atoms with Gasteiger partial charge in [0.15, 0.2) is 6.54 Å². The maximum atomic E-state index is 9.57. The minimum Gasteiger partial charge on any atom is -0.166 e. The summed E-state index contributed by atoms with van der Waals surface area (Å²) in [4.78, 5) is 0. The van der Waals surface area contributed by atoms with Crippen LogP contribution in [-0.4, -0.2) is 49.3 Å². The summed E-state index contributed by atoms with van der Waals surface area (Å²) in [5.41, 5.74) is 0. The molecule has 0 aliphatic rings. The highest BCUT2D eigenvalue weighted by Gasteiger charge is 2.32. The van der Waals surface area contributed by atoms with Crippen molar-refractivity contribution >= 4 is 0 Å². The van der Waals surface area contributed by atoms with Gasteiger partial charge in [-0.1, -0.05) is 0 Å². The molecule has 0 aliphatic heterocycles. The highest BCUT2D eigenvalue weighted by atomic mass is 16.6. The zero-order valence-electron chi connectivity index (χ0n) is 7.05. The first-order chi connectivity index (χ1) is 3.81. The maximum Gasteiger partial charge on any atom is 0.153 e. The van der Waals surface area contributed by atoms with E-state index in [0.29, 0.717) is 4.59 Å². The number of rotatable bonds is 2. The fourth-order valence-electron chi connectivity index (χ4n) is 0.424. The van der Waals surface area contributed by atoms with Crippen LogP contribution in [0.15, 0.2) is 0 Å². The van der Waals surface area contributed by atoms with E-state index in [1.165, 1.54) is 0 Å². The highest BCUT2D eigenvalue weighted by molar-refractivity contribution is 3.99. The first-order valence-electron chi connectivity index (χ1n) is 3.21. The lowest BCUT2D eigenvalue weighted by atomic mass is 10.6. The Morgan fingerprint density at radius 2 is 1.44 bits per heavy atom. The van der Waals surface area contributed by atoms with Gasteiger partial charge in [-0.25, -0.2) is 0 Å². The molecule has 0 bridgehead atoms. The quantitative estimate of drug-likeness (QED) is 0.430. The molecule has 0 aromatic heterocycles. The summed E-state index contributed by atoms with van der Waals surface area (Å²) in [6.07, 6.45) is 0. The molecule has 0 aromatic rings. The maximum absolute atomic E-state index is 9.57. The predicted octanol–water partition coefficient (Wildman–Crippen LogP) is 0.463. The molecule has 0 saturated heterocycles. The molecule has 0 heterocycles. The Morgan fingerprint density at radius 1 is 1.11 bits per heavy atom. The van der Waals surface area contributed by atoms with E-state index in [4.69, 9.17) is 0 Å². The van der Waals surface area contributed by atoms with E-state index in [0.717, 1.165) is 6.54 Å². The SMILES string of the molecule is CC[N+](C)(O)[N+](C)(C)C. The molecule has 1 atom stereocenters. The minimum absolute atomic E-state index is 0.0278. The molecule has 1 N–H and O–H groups in total. The second kappa shape index (κ2) is 2.25. The fraction of sp³-hybridized carbons (Fsp3) is 1.00. The number of hydrogen-bond donors (Lipinski definition) is 1. The first-order valence-corrected chi connectivity index (χ1v) is 3.21. The summed E-state index contributed by atoms with van der Waals surface area (Å²) < 4.78 is 0.566. The van der Waals surface area contributed by atoms with Crippen LogP contribution in [0.5, 0.6) is 0 Å². The Balaban J connectivity index is 4.14. The van der Waals surface area contributed by atoms with Crippen molar-refractivity contribution in [1.82, 2.24) is 0 Å². The van der Waals surface area contributed by atoms with E-state index >= 15 is 0 Å². The molecule has 3 heteroatoms. The van der Waals surface area contributed by atoms with E-state index in [-0.39, 0.29) is 4.76 Å². The normalized spacial score (nSPS) is 19.3. The molecule has 0 aliphatic carbocycles. The highest BCUT2D eigenvalue weighted by Crippen LogP contribution is 2.06. The molecule has 0 amide bonds. The molecule has 0 spiro atoms. The second-order valence-electron chi connectivity index (χ2n) is 3.35. The topological polar surface area (TPSA) is 20.2 Å². The van der Waals surface area contributed by atoms with Crippen molar-refractivity contribution in [2.75, 3.05) is 34.7 Å². The van der Waals surface area contributed by atoms with E-state index in [2.05, 4.69) is 0 Å². The lowest BCUT2D eigenvalue weighted by molar-refractivity contribution is -1.54. The molecule has 3 nitrogen and oxygen atoms in total. The van der Waals surface area contributed by atoms with Crippen molar-refractivity contribution in [3.05, 3.63) is 0 Å². The van der Waals surface area contributed by atoms with Gasteiger partial charge in [-0.2, -0.15) is 5.21 Å². The average Bonchev–Trinajstić information content (AvgIpc) is 1.64. The van der Waals surface area contributed by atoms with E-state index in [9.17, 15) is 5.21 Å². The van der Waals surface area contributed by atoms with Crippen LogP contribution in [0, 0.1) is 0 Å². The lowest BCUT2D eigenvalue weighted by Gasteiger charge is -2.36. The van der Waals surface area contributed by atoms with Crippen LogP contribution in [0.2, 0.25) is 0 Å². The van der Waals surface area contributed by atoms with Crippen molar-refractivity contribution < 1.29 is 14.6 Å². The van der Waals surface area contributed by atoms with Gasteiger partial charge in [0.1, 0.15) is 28.2 Å². The summed E-state index contributed by atoms with van der Waals surface area (Å²) in [6, 6.07) is 0. The van der Waals surface area contributed by atoms with Crippen molar-refractivity contribution in [3.63, 3.8) is 0 Å². The van der Waals surface area contributed by atoms with Crippen LogP contribution < -0.4 is 0 Å². The fourth-order valence-corrected chi connectivity index (χ4v) is 0.424. The Morgan fingerprint density at radius 3 is 1.44 bits per heavy atom. The molecule has 0 fully saturated rings. The van der Waals surface area contributed by atoms with Gasteiger partial charge in [0.25, 0.3) is 0 Å². The average molecular weight is 134 g/mol. The van der Waals surface area contributed by atoms with Gasteiger partial charge < -0.3 is 0 Å². The summed E-state index contributed by atoms with van der Waals surface area (Å²) >= 11 is 0. The monoisotopic (exact) mass is 134 g/mol. The third kappa shape index (κ3) is 1.93. The van der Waals surface area contributed by atoms with E-state index in [1.807, 2.05) is 28.1 Å². The Hall–Kier alpha value is -0.120. The Bertz CT molecular complexity index is 93.7. The van der Waals surface area contributed by atoms with Gasteiger partial charge in [0, 0.05) is 0 Å². The van der Waals surface area contributed by atoms with Gasteiger partial charge in [-0.3, -0.25) is 0 Å². The molecule has 0 radical (unpaired) electrons. The van der Waals surface area contributed by atoms with Crippen LogP contribution in [0.4, 0.5) is 0 Å². The van der Waals surface area contributed by atoms with Crippen LogP contribution in [0.25, 0.3) is 0 Å². The Labute approximate surface area is 57.2 Å². The van der Waals surface area contributed by atoms with Crippen LogP contribution >= 0.6 is 0 Å². The molecule has 0 saturated carbocycles. The summed E-state index contributed by atoms with van der Waals surface area (Å²) in [7, 11) is 7.68. The van der Waals surface area contributed by atoms with Crippen molar-refractivity contribution in [2.24, 2.45) is 0 Å². The molecular weight excluding hydrogens is 116 g/mol. The van der Waals surface area contributed by atoms with E-state index < -0.39 is 0 Å². The van der Waals surface area contributed by atoms with Crippen LogP contribution in [0.1, 0.15) is 6.92 Å². The standard InChI is InChI=1S/C6H18N2O/c1-6-8(5,9)7(2,3)4/h9H,6H2,1-5H3/q+2. The predicted molar refractivity (Wildman–Crippen MR) is 36.5 cm³/mol. The summed E-state index contributed by atoms with van der Waals surface area (Å²) in [6.45, 7) is 2.69. The van der Waals surface area contributed by atoms with Gasteiger partial charge in [-0.05, 0) is 11.7 Å². The number of hydrogen-bond acceptors (Lipinski definition) is 1. The third-order valence-corrected chi connectivity index (χ3v) is 1.89. The van der Waals surface area contributed by atoms with Crippen molar-refractivity contribution in [1.29, 1.82) is 0 Å². The molecule has 0 aromatic carbocycles. The zero-order valence-corrected chi connectivity index (χ0v) is 7.05. The van der Waals surface area contributed by atoms with Gasteiger partial charge >= 0.3 is 0 Å². The number of nitrogens with zero attached hydrogens (tertiary/aromatic N) is 2. The zero-order chi connectivity index (χ0) is 7.71. The molecule has 0 rings (SSSR count). The van der Waals surface area contributed by atoms with Crippen molar-refractivity contribution in [3.8, 4) is 0 Å². The van der Waals surface area contributed by atoms with E-state index in [1.54, 1.807) is 7.05 Å². The molecular formula is C6H18N2O+2. The second-order valence-corrected chi connectivity index (χ2v) is 3.35. The third-order valence-electron chi connectivity index (χ3n) is 1.89. The van der Waals surface area contributed by atoms with Crippen LogP contribution in [0.3, 0.4) is 0 Å². The number of quaternary nitrogens is 2. The lowest BCUT2D eigenvalue weighted by Crippen LogP contribution is -2.62. The summed E-state index contributed by atoms with van der Waals surface area (Å²) in [5.74, 6) is 0. The van der Waals surface area contributed by atoms with Crippen LogP contribution in [-0.2, 0) is 0 Å². The minimum atomic E-state index is 0.0278. The molecule has 56 valence electrons. The number of hydroxylamine groups is 2.